The smallest absolute Gasteiger partial charge is 1.00 e. The van der Waals surface area contributed by atoms with Crippen molar-refractivity contribution in [1.82, 2.24) is 5.32 Å². The van der Waals surface area contributed by atoms with Crippen LogP contribution in [0.3, 0.4) is 0 Å². The molecule has 13 rings (SSSR count). The van der Waals surface area contributed by atoms with E-state index in [4.69, 9.17) is 78.4 Å². The molecule has 0 fully saturated rings. The molecule has 6 aromatic rings. The summed E-state index contributed by atoms with van der Waals surface area (Å²) in [5, 5.41) is 7.97. The van der Waals surface area contributed by atoms with Gasteiger partial charge in [0.25, 0.3) is 0 Å². The first kappa shape index (κ1) is 147. The number of hydrogen-bond donors (Lipinski definition) is 2. The maximum atomic E-state index is 12.0. The van der Waals surface area contributed by atoms with Crippen molar-refractivity contribution >= 4 is 152 Å². The van der Waals surface area contributed by atoms with Crippen LogP contribution in [0.1, 0.15) is 174 Å². The van der Waals surface area contributed by atoms with Gasteiger partial charge < -0.3 is 69.6 Å². The third kappa shape index (κ3) is 44.6. The monoisotopic (exact) mass is 2400 g/mol. The van der Waals surface area contributed by atoms with Gasteiger partial charge in [0.05, 0.1) is 30.0 Å². The first-order valence-electron chi connectivity index (χ1n) is 44.3. The van der Waals surface area contributed by atoms with Crippen molar-refractivity contribution in [1.29, 1.82) is 0 Å². The fourth-order valence-corrected chi connectivity index (χ4v) is 20.3. The number of fused-ring (bicyclic) bond motifs is 4. The van der Waals surface area contributed by atoms with Crippen molar-refractivity contribution < 1.29 is 442 Å². The van der Waals surface area contributed by atoms with Crippen LogP contribution in [0.15, 0.2) is 266 Å². The zero-order valence-corrected chi connectivity index (χ0v) is 113. The first-order valence-corrected chi connectivity index (χ1v) is 55.1. The van der Waals surface area contributed by atoms with Crippen molar-refractivity contribution in [3.63, 3.8) is 0 Å². The maximum absolute atomic E-state index is 12.0. The molecule has 4 aliphatic heterocycles. The van der Waals surface area contributed by atoms with E-state index in [1.807, 2.05) is 131 Å². The number of para-hydroxylation sites is 1. The molecule has 0 saturated heterocycles. The Morgan fingerprint density at radius 2 is 0.939 bits per heavy atom. The van der Waals surface area contributed by atoms with E-state index in [0.717, 1.165) is 164 Å². The van der Waals surface area contributed by atoms with Crippen LogP contribution in [0.2, 0.25) is 0 Å². The second-order valence-corrected chi connectivity index (χ2v) is 43.5. The summed E-state index contributed by atoms with van der Waals surface area (Å²) in [6.07, 6.45) is 28.8. The first-order chi connectivity index (χ1) is 65.9. The number of nitrogens with zero attached hydrogens (tertiary/aromatic N) is 4. The summed E-state index contributed by atoms with van der Waals surface area (Å²) in [5.74, 6) is 0.688. The Hall–Kier alpha value is -0.722. The number of carbonyl (C=O) groups is 1. The quantitative estimate of drug-likeness (QED) is 0.0139. The molecule has 3 aliphatic carbocycles. The molecule has 6 aromatic carbocycles. The van der Waals surface area contributed by atoms with Gasteiger partial charge in [-0.05, 0) is 208 Å². The number of halogens is 3. The maximum Gasteiger partial charge on any atom is 1.00 e. The normalized spacial score (nSPS) is 17.3. The van der Waals surface area contributed by atoms with E-state index in [9.17, 15) is 56.7 Å². The molecular formula is C99H112Cl3K6N6O26S8-. The van der Waals surface area contributed by atoms with E-state index in [1.54, 1.807) is 19.1 Å². The van der Waals surface area contributed by atoms with Gasteiger partial charge in [-0.1, -0.05) is 158 Å². The molecule has 1 amide bonds. The molecule has 1 unspecified atom stereocenters. The molecule has 1 atom stereocenters. The fourth-order valence-electron chi connectivity index (χ4n) is 17.6. The zero-order valence-electron chi connectivity index (χ0n) is 85.6. The largest absolute Gasteiger partial charge is 1.00 e. The van der Waals surface area contributed by atoms with Crippen LogP contribution in [0.4, 0.5) is 28.4 Å². The molecule has 0 bridgehead atoms. The Bertz CT molecular complexity index is 6980. The standard InChI is InChI=1S/C48H56N3O8S2.C36H42ClN2O6S2.C15H18ClN.ClH.6K.4O3S/c1-8-29-50-42-24-23-38(61(56,57)58)32-40(42)48(6,7)44(50)26-20-36-14-11-13-35(45(36)59-37-21-17-34(18-22-37)27-28-49-46(52)33(2)3)19-25-43-47(4,5)39-15-9-10-16-41(39)51(43)30-12-31-60(53,54)55;1-6-21-38-31-18-17-27(47(43,44)45)24-29(31)36(4,5)33(38)20-16-26-12-9-11-25(34(26)37)15-19-32-35(2,3)28-13-7-8-14-30(28)39(32)22-10-23-46(40,41)42;1-2-12-7-6-8-13(15(12)16)11-17-14-9-4-3-5-10-14;;;;;;;;4*1-4(2)3/h10,15-26,32H,1-2,8,11-14,27-31H2,3-7H3,(H,49,52)(H,53,54,55)(H,56,57,58);8,13-20,24H,1,6,9-12,21-23H2,2-5H3,(H,40,41,42)(H,43,44,45);2-5,9-10,13,17H,1,6-8,11H2;1H;;;;;;;;;;/q2*-1;;;6*+1;;;;/p-5. The van der Waals surface area contributed by atoms with Crippen LogP contribution < -0.4 is 346 Å². The molecule has 4 heterocycles. The van der Waals surface area contributed by atoms with Crippen LogP contribution in [-0.2, 0) is 116 Å². The summed E-state index contributed by atoms with van der Waals surface area (Å²) < 4.78 is 252. The molecule has 32 nitrogen and oxygen atoms in total. The van der Waals surface area contributed by atoms with Gasteiger partial charge in [0, 0.05) is 121 Å². The van der Waals surface area contributed by atoms with Gasteiger partial charge in [0.2, 0.25) is 5.91 Å². The van der Waals surface area contributed by atoms with Crippen molar-refractivity contribution in [2.45, 2.75) is 184 Å². The molecule has 0 spiro atoms. The Labute approximate surface area is 1150 Å². The Morgan fingerprint density at radius 3 is 1.34 bits per heavy atom. The average Bonchev–Trinajstić information content (AvgIpc) is 1.60. The van der Waals surface area contributed by atoms with Gasteiger partial charge in [-0.3, -0.25) is 4.79 Å². The molecule has 2 N–H and O–H groups in total. The minimum Gasteiger partial charge on any atom is -1.00 e. The average molecular weight is 2400 g/mol. The third-order valence-corrected chi connectivity index (χ3v) is 28.5. The predicted octanol–water partition coefficient (Wildman–Crippen LogP) is -5.80. The van der Waals surface area contributed by atoms with Crippen LogP contribution in [-0.4, -0.2) is 180 Å². The van der Waals surface area contributed by atoms with Gasteiger partial charge in [0.15, 0.2) is 11.4 Å². The Balaban J connectivity index is 0.00000218. The molecule has 0 aromatic heterocycles. The zero-order chi connectivity index (χ0) is 105. The number of nitrogens with one attached hydrogen (secondary N) is 2. The second-order valence-electron chi connectivity index (χ2n) is 35.3. The van der Waals surface area contributed by atoms with Gasteiger partial charge in [0.1, 0.15) is 56.2 Å². The van der Waals surface area contributed by atoms with E-state index in [0.29, 0.717) is 80.0 Å². The molecule has 0 saturated carbocycles. The molecule has 0 radical (unpaired) electrons. The van der Waals surface area contributed by atoms with E-state index >= 15 is 0 Å². The summed E-state index contributed by atoms with van der Waals surface area (Å²) in [4.78, 5) is 15.8. The summed E-state index contributed by atoms with van der Waals surface area (Å²) in [6.45, 7) is 37.1. The molecular weight excluding hydrogens is 2290 g/mol. The second kappa shape index (κ2) is 68.5. The number of allylic oxidation sites excluding steroid dienone is 17. The van der Waals surface area contributed by atoms with Crippen LogP contribution in [0.5, 0.6) is 5.75 Å². The summed E-state index contributed by atoms with van der Waals surface area (Å²) in [5.41, 5.74) is 16.8. The van der Waals surface area contributed by atoms with Crippen molar-refractivity contribution in [2.75, 3.05) is 65.9 Å². The molecule has 770 valence electrons. The van der Waals surface area contributed by atoms with Crippen LogP contribution >= 0.6 is 23.2 Å². The molecule has 7 aliphatic rings. The molecule has 49 heteroatoms. The number of amides is 1. The topological polar surface area (TPSA) is 496 Å². The Kier molecular flexibility index (Phi) is 68.2. The van der Waals surface area contributed by atoms with E-state index in [2.05, 4.69) is 139 Å². The van der Waals surface area contributed by atoms with E-state index in [-0.39, 0.29) is 355 Å². The van der Waals surface area contributed by atoms with Gasteiger partial charge in [-0.25, -0.2) is 42.8 Å². The number of benzene rings is 6. The van der Waals surface area contributed by atoms with Crippen molar-refractivity contribution in [3.05, 3.63) is 310 Å². The predicted molar refractivity (Wildman–Crippen MR) is 535 cm³/mol. The number of hydrogen-bond acceptors (Lipinski definition) is 29. The third-order valence-electron chi connectivity index (χ3n) is 24.3. The van der Waals surface area contributed by atoms with Crippen LogP contribution in [0, 0.1) is 31.9 Å². The molecule has 148 heavy (non-hydrogen) atoms. The summed E-state index contributed by atoms with van der Waals surface area (Å²) >= 11 is 13.4. The van der Waals surface area contributed by atoms with Gasteiger partial charge in [-0.15, -0.1) is 62.6 Å². The SMILES string of the molecule is C=C(C)C(=O)NCCc1ccc(OC2=C(/C=C/C3=[N+](CCCS(=O)(=O)[O-])c4cc[c-]cc4C3(C)C)CCC/C2=C\C=C2\N(CC[CH2-])c3ccc(S(=O)(=O)[O-])cc3C2(C)C)cc1.C=CC1=C(Cl)C(CNc2ccccc2)CCC1.O=S(=O)=O.O=S(=O)=O.O=S(=O)=O.O=S(=O)=O.[CH2-]CCN1/C(=C/C=C2\CCCC(/C=C/C3=[N+](CCCS(=O)(=O)[O-])c4cc[c-]cc4C3(C)C)=C2Cl)C(C)(C)c2cc(S(=O)(=O)[O-])ccc21.[Cl-].[K+].[K+].[K+].[K+].[K+].[K+]. The number of ether oxygens (including phenoxy) is 1. The minimum atomic E-state index is -4.66. The summed E-state index contributed by atoms with van der Waals surface area (Å²) in [7, 11) is -30.4. The Morgan fingerprint density at radius 1 is 0.534 bits per heavy atom. The number of carbonyl (C=O) groups excluding carboxylic acids is 1. The van der Waals surface area contributed by atoms with Crippen LogP contribution in [0.25, 0.3) is 0 Å². The van der Waals surface area contributed by atoms with E-state index in [1.165, 1.54) is 36.3 Å². The minimum absolute atomic E-state index is 0. The fraction of sp³-hybridized carbons (Fsp3) is 0.364. The number of rotatable bonds is 30. The van der Waals surface area contributed by atoms with Gasteiger partial charge >= 0.3 is 351 Å². The summed E-state index contributed by atoms with van der Waals surface area (Å²) in [6, 6.07) is 45.0. The van der Waals surface area contributed by atoms with Crippen molar-refractivity contribution in [3.8, 4) is 5.75 Å². The van der Waals surface area contributed by atoms with E-state index < -0.39 is 111 Å². The van der Waals surface area contributed by atoms with Gasteiger partial charge in [-0.2, -0.15) is 49.2 Å². The van der Waals surface area contributed by atoms with Crippen molar-refractivity contribution in [2.24, 2.45) is 5.92 Å². The number of anilines is 3.